The summed E-state index contributed by atoms with van der Waals surface area (Å²) in [6.07, 6.45) is 5.39. The number of aryl methyl sites for hydroxylation is 3. The van der Waals surface area contributed by atoms with Crippen molar-refractivity contribution in [3.63, 3.8) is 0 Å². The van der Waals surface area contributed by atoms with Crippen LogP contribution in [0.3, 0.4) is 0 Å². The number of rotatable bonds is 2. The maximum absolute atomic E-state index is 12.7. The second kappa shape index (κ2) is 5.56. The molecule has 0 saturated carbocycles. The lowest BCUT2D eigenvalue weighted by atomic mass is 9.94. The third-order valence-corrected chi connectivity index (χ3v) is 5.00. The molecule has 1 aliphatic carbocycles. The summed E-state index contributed by atoms with van der Waals surface area (Å²) in [5.41, 5.74) is 9.62. The van der Waals surface area contributed by atoms with E-state index in [1.54, 1.807) is 23.1 Å². The van der Waals surface area contributed by atoms with Crippen molar-refractivity contribution in [2.45, 2.75) is 19.8 Å². The average Bonchev–Trinajstić information content (AvgIpc) is 3.23. The molecule has 2 N–H and O–H groups in total. The normalized spacial score (nSPS) is 12.7. The Morgan fingerprint density at radius 3 is 2.96 bits per heavy atom. The summed E-state index contributed by atoms with van der Waals surface area (Å²) in [5.74, 6) is -0.218. The molecule has 0 spiro atoms. The Hall–Kier alpha value is -3.41. The van der Waals surface area contributed by atoms with Crippen LogP contribution < -0.4 is 5.43 Å². The van der Waals surface area contributed by atoms with Crippen LogP contribution >= 0.6 is 0 Å². The zero-order valence-corrected chi connectivity index (χ0v) is 14.3. The van der Waals surface area contributed by atoms with Crippen LogP contribution in [0.4, 0.5) is 0 Å². The topological polar surface area (TPSA) is 75.6 Å². The van der Waals surface area contributed by atoms with E-state index in [4.69, 9.17) is 0 Å². The lowest BCUT2D eigenvalue weighted by Crippen LogP contribution is -2.26. The van der Waals surface area contributed by atoms with Gasteiger partial charge >= 0.3 is 0 Å². The number of fused-ring (bicyclic) bond motifs is 5. The van der Waals surface area contributed by atoms with Crippen LogP contribution in [0.2, 0.25) is 0 Å². The second-order valence-corrected chi connectivity index (χ2v) is 6.53. The van der Waals surface area contributed by atoms with E-state index in [1.165, 1.54) is 10.9 Å². The average molecular weight is 343 g/mol. The Bertz CT molecular complexity index is 1150. The van der Waals surface area contributed by atoms with E-state index in [2.05, 4.69) is 38.7 Å². The maximum atomic E-state index is 12.7. The van der Waals surface area contributed by atoms with Gasteiger partial charge in [0.1, 0.15) is 5.69 Å². The Morgan fingerprint density at radius 1 is 1.19 bits per heavy atom. The van der Waals surface area contributed by atoms with E-state index in [0.717, 1.165) is 35.3 Å². The van der Waals surface area contributed by atoms with Crippen LogP contribution in [0.5, 0.6) is 0 Å². The highest BCUT2D eigenvalue weighted by atomic mass is 16.2. The Balaban J connectivity index is 1.59. The molecule has 0 atom stereocenters. The van der Waals surface area contributed by atoms with E-state index in [1.807, 2.05) is 19.2 Å². The standard InChI is InChI=1S/C20H17N5O/c1-12-14(6-4-10-21-12)20(26)24-25-19-13(11-22-25)8-9-16-15-5-2-3-7-17(15)23-18(16)19/h2-7,10-11,23H,8-9H2,1H3,(H,24,26). The third-order valence-electron chi connectivity index (χ3n) is 5.00. The van der Waals surface area contributed by atoms with Gasteiger partial charge in [-0.2, -0.15) is 9.89 Å². The molecule has 1 amide bonds. The van der Waals surface area contributed by atoms with E-state index < -0.39 is 0 Å². The van der Waals surface area contributed by atoms with E-state index in [-0.39, 0.29) is 5.91 Å². The van der Waals surface area contributed by atoms with Crippen molar-refractivity contribution in [3.8, 4) is 11.4 Å². The lowest BCUT2D eigenvalue weighted by molar-refractivity contribution is 0.100. The molecule has 1 aliphatic rings. The predicted octanol–water partition coefficient (Wildman–Crippen LogP) is 3.22. The molecule has 0 saturated heterocycles. The minimum Gasteiger partial charge on any atom is -0.353 e. The molecule has 3 heterocycles. The summed E-state index contributed by atoms with van der Waals surface area (Å²) in [4.78, 5) is 21.9. The fraction of sp³-hybridized carbons (Fsp3) is 0.150. The zero-order chi connectivity index (χ0) is 17.7. The van der Waals surface area contributed by atoms with Gasteiger partial charge in [-0.3, -0.25) is 9.78 Å². The predicted molar refractivity (Wildman–Crippen MR) is 99.6 cm³/mol. The SMILES string of the molecule is Cc1ncccc1C(=O)Nn1ncc2c1-c1[nH]c3ccccc3c1CC2. The van der Waals surface area contributed by atoms with Gasteiger partial charge in [-0.05, 0) is 43.5 Å². The number of benzene rings is 1. The fourth-order valence-electron chi connectivity index (χ4n) is 3.72. The summed E-state index contributed by atoms with van der Waals surface area (Å²) in [6.45, 7) is 1.82. The van der Waals surface area contributed by atoms with E-state index in [9.17, 15) is 4.79 Å². The summed E-state index contributed by atoms with van der Waals surface area (Å²) in [6, 6.07) is 11.8. The molecule has 0 bridgehead atoms. The van der Waals surface area contributed by atoms with Crippen molar-refractivity contribution in [2.75, 3.05) is 5.43 Å². The van der Waals surface area contributed by atoms with Gasteiger partial charge in [0, 0.05) is 22.7 Å². The number of amides is 1. The monoisotopic (exact) mass is 343 g/mol. The molecule has 128 valence electrons. The van der Waals surface area contributed by atoms with Crippen LogP contribution in [-0.4, -0.2) is 25.8 Å². The molecule has 0 aliphatic heterocycles. The first-order chi connectivity index (χ1) is 12.7. The van der Waals surface area contributed by atoms with Crippen LogP contribution in [0, 0.1) is 6.92 Å². The van der Waals surface area contributed by atoms with Crippen molar-refractivity contribution in [1.82, 2.24) is 19.9 Å². The van der Waals surface area contributed by atoms with Gasteiger partial charge in [0.25, 0.3) is 5.91 Å². The van der Waals surface area contributed by atoms with E-state index >= 15 is 0 Å². The Labute approximate surface area is 149 Å². The minimum atomic E-state index is -0.218. The molecular weight excluding hydrogens is 326 g/mol. The molecule has 6 heteroatoms. The van der Waals surface area contributed by atoms with Crippen molar-refractivity contribution in [1.29, 1.82) is 0 Å². The highest BCUT2D eigenvalue weighted by molar-refractivity contribution is 6.01. The molecule has 26 heavy (non-hydrogen) atoms. The highest BCUT2D eigenvalue weighted by Crippen LogP contribution is 2.37. The number of hydrogen-bond donors (Lipinski definition) is 2. The first-order valence-corrected chi connectivity index (χ1v) is 8.62. The van der Waals surface area contributed by atoms with Gasteiger partial charge < -0.3 is 4.98 Å². The van der Waals surface area contributed by atoms with E-state index in [0.29, 0.717) is 11.3 Å². The molecule has 0 fully saturated rings. The smallest absolute Gasteiger partial charge is 0.273 e. The number of para-hydroxylation sites is 1. The van der Waals surface area contributed by atoms with Crippen LogP contribution in [0.25, 0.3) is 22.3 Å². The molecular formula is C20H17N5O. The van der Waals surface area contributed by atoms with Crippen LogP contribution in [0.1, 0.15) is 27.2 Å². The van der Waals surface area contributed by atoms with Crippen LogP contribution in [0.15, 0.2) is 48.8 Å². The minimum absolute atomic E-state index is 0.218. The number of hydrogen-bond acceptors (Lipinski definition) is 3. The number of carbonyl (C=O) groups is 1. The van der Waals surface area contributed by atoms with Gasteiger partial charge in [0.05, 0.1) is 23.1 Å². The maximum Gasteiger partial charge on any atom is 0.273 e. The van der Waals surface area contributed by atoms with Gasteiger partial charge in [0.2, 0.25) is 0 Å². The summed E-state index contributed by atoms with van der Waals surface area (Å²) in [7, 11) is 0. The third kappa shape index (κ3) is 2.15. The molecule has 0 unspecified atom stereocenters. The number of aromatic nitrogens is 4. The first kappa shape index (κ1) is 14.9. The number of H-pyrrole nitrogens is 1. The van der Waals surface area contributed by atoms with Crippen LogP contribution in [-0.2, 0) is 12.8 Å². The lowest BCUT2D eigenvalue weighted by Gasteiger charge is -2.16. The molecule has 3 aromatic heterocycles. The Morgan fingerprint density at radius 2 is 2.08 bits per heavy atom. The van der Waals surface area contributed by atoms with Gasteiger partial charge in [-0.15, -0.1) is 0 Å². The van der Waals surface area contributed by atoms with Crippen molar-refractivity contribution < 1.29 is 4.79 Å². The molecule has 6 nitrogen and oxygen atoms in total. The number of nitrogens with zero attached hydrogens (tertiary/aromatic N) is 3. The van der Waals surface area contributed by atoms with Gasteiger partial charge in [-0.1, -0.05) is 18.2 Å². The number of carbonyl (C=O) groups excluding carboxylic acids is 1. The Kier molecular flexibility index (Phi) is 3.18. The van der Waals surface area contributed by atoms with Crippen molar-refractivity contribution in [2.24, 2.45) is 0 Å². The largest absolute Gasteiger partial charge is 0.353 e. The number of pyridine rings is 1. The summed E-state index contributed by atoms with van der Waals surface area (Å²) in [5, 5.41) is 5.64. The second-order valence-electron chi connectivity index (χ2n) is 6.53. The van der Waals surface area contributed by atoms with Gasteiger partial charge in [-0.25, -0.2) is 5.43 Å². The highest BCUT2D eigenvalue weighted by Gasteiger charge is 2.25. The molecule has 4 aromatic rings. The number of nitrogens with one attached hydrogen (secondary N) is 2. The van der Waals surface area contributed by atoms with Crippen molar-refractivity contribution in [3.05, 3.63) is 71.2 Å². The number of aromatic amines is 1. The first-order valence-electron chi connectivity index (χ1n) is 8.62. The quantitative estimate of drug-likeness (QED) is 0.587. The summed E-state index contributed by atoms with van der Waals surface area (Å²) < 4.78 is 0. The van der Waals surface area contributed by atoms with Crippen molar-refractivity contribution >= 4 is 16.8 Å². The summed E-state index contributed by atoms with van der Waals surface area (Å²) >= 11 is 0. The van der Waals surface area contributed by atoms with Gasteiger partial charge in [0.15, 0.2) is 0 Å². The molecule has 1 aromatic carbocycles. The molecule has 0 radical (unpaired) electrons. The zero-order valence-electron chi connectivity index (χ0n) is 14.3. The fourth-order valence-corrected chi connectivity index (χ4v) is 3.72. The molecule has 5 rings (SSSR count).